The number of benzene rings is 2. The van der Waals surface area contributed by atoms with Gasteiger partial charge in [-0.3, -0.25) is 0 Å². The summed E-state index contributed by atoms with van der Waals surface area (Å²) in [5, 5.41) is 21.1. The summed E-state index contributed by atoms with van der Waals surface area (Å²) in [6.07, 6.45) is 2.08. The van der Waals surface area contributed by atoms with Crippen molar-refractivity contribution in [1.29, 1.82) is 0 Å². The molecule has 186 valence electrons. The molecule has 0 unspecified atom stereocenters. The molecule has 0 fully saturated rings. The first-order valence-corrected chi connectivity index (χ1v) is 12.1. The molecular formula is C28H44K2NiO2S. The molecule has 34 heavy (non-hydrogen) atoms. The van der Waals surface area contributed by atoms with Gasteiger partial charge in [0.05, 0.1) is 9.79 Å². The van der Waals surface area contributed by atoms with Crippen molar-refractivity contribution in [3.63, 3.8) is 0 Å². The van der Waals surface area contributed by atoms with Gasteiger partial charge in [-0.2, -0.15) is 0 Å². The Hall–Kier alpha value is 2.16. The third-order valence-corrected chi connectivity index (χ3v) is 6.74. The standard InChI is InChI=1S/C28H42O2S.2K.Ni.2H/c1-25(2,3)17-27(7,8)19-11-13-21(29)23(15-19)31-24-16-20(12-14-22(24)30)28(9,10)18-26(4,5)6;;;;;/h11-16,29-30H,17-18H2,1-10H3;;;;;/q;2*+1;;2*-1. The number of hydrogen-bond donors (Lipinski definition) is 2. The maximum absolute atomic E-state index is 10.6. The van der Waals surface area contributed by atoms with E-state index in [-0.39, 0.29) is 155 Å². The summed E-state index contributed by atoms with van der Waals surface area (Å²) < 4.78 is 0. The molecule has 0 bridgehead atoms. The molecule has 2 rings (SSSR count). The summed E-state index contributed by atoms with van der Waals surface area (Å²) in [4.78, 5) is 1.56. The van der Waals surface area contributed by atoms with Crippen LogP contribution in [0.1, 0.15) is 96.1 Å². The van der Waals surface area contributed by atoms with E-state index >= 15 is 0 Å². The molecule has 0 spiro atoms. The molecule has 2 N–H and O–H groups in total. The predicted molar refractivity (Wildman–Crippen MR) is 137 cm³/mol. The van der Waals surface area contributed by atoms with Gasteiger partial charge < -0.3 is 13.1 Å². The molecule has 0 aliphatic rings. The molecule has 2 aromatic carbocycles. The molecule has 0 atom stereocenters. The zero-order valence-corrected chi connectivity index (χ0v) is 31.5. The van der Waals surface area contributed by atoms with Crippen molar-refractivity contribution in [2.45, 2.75) is 103 Å². The van der Waals surface area contributed by atoms with Crippen molar-refractivity contribution in [2.75, 3.05) is 0 Å². The smallest absolute Gasteiger partial charge is 1.00 e. The monoisotopic (exact) mass is 580 g/mol. The first-order chi connectivity index (χ1) is 13.9. The Morgan fingerprint density at radius 2 is 0.912 bits per heavy atom. The van der Waals surface area contributed by atoms with Crippen LogP contribution in [-0.2, 0) is 27.3 Å². The molecule has 0 aliphatic heterocycles. The van der Waals surface area contributed by atoms with Crippen LogP contribution in [0.2, 0.25) is 0 Å². The Kier molecular flexibility index (Phi) is 16.4. The molecule has 2 nitrogen and oxygen atoms in total. The SMILES string of the molecule is CC(C)(C)CC(C)(C)c1ccc(O)c(Sc2cc(C(C)(C)CC(C)(C)C)ccc2O)c1.[H-].[H-].[K+].[K+].[Ni]. The van der Waals surface area contributed by atoms with Crippen LogP contribution in [0.3, 0.4) is 0 Å². The first kappa shape index (κ1) is 38.3. The molecule has 0 heterocycles. The van der Waals surface area contributed by atoms with Gasteiger partial charge in [-0.05, 0) is 69.9 Å². The van der Waals surface area contributed by atoms with E-state index in [1.54, 1.807) is 12.1 Å². The van der Waals surface area contributed by atoms with Crippen LogP contribution in [0.5, 0.6) is 11.5 Å². The molecule has 0 amide bonds. The number of rotatable bonds is 6. The summed E-state index contributed by atoms with van der Waals surface area (Å²) in [6, 6.07) is 11.8. The largest absolute Gasteiger partial charge is 1.00 e. The zero-order chi connectivity index (χ0) is 23.8. The van der Waals surface area contributed by atoms with Crippen molar-refractivity contribution >= 4 is 11.8 Å². The van der Waals surface area contributed by atoms with Gasteiger partial charge >= 0.3 is 103 Å². The molecule has 0 saturated carbocycles. The van der Waals surface area contributed by atoms with Crippen molar-refractivity contribution < 1.29 is 132 Å². The van der Waals surface area contributed by atoms with E-state index in [0.717, 1.165) is 22.6 Å². The van der Waals surface area contributed by atoms with Crippen LogP contribution >= 0.6 is 11.8 Å². The predicted octanol–water partition coefficient (Wildman–Crippen LogP) is 2.91. The van der Waals surface area contributed by atoms with Gasteiger partial charge in [0.1, 0.15) is 11.5 Å². The normalized spacial score (nSPS) is 12.3. The van der Waals surface area contributed by atoms with E-state index in [2.05, 4.69) is 81.4 Å². The van der Waals surface area contributed by atoms with Gasteiger partial charge in [-0.1, -0.05) is 93.1 Å². The van der Waals surface area contributed by atoms with E-state index in [1.807, 2.05) is 12.1 Å². The van der Waals surface area contributed by atoms with Gasteiger partial charge in [-0.25, -0.2) is 0 Å². The molecule has 0 saturated heterocycles. The van der Waals surface area contributed by atoms with Crippen LogP contribution in [0.4, 0.5) is 0 Å². The number of aromatic hydroxyl groups is 2. The Balaban J connectivity index is -0.00000102. The number of hydrogen-bond acceptors (Lipinski definition) is 3. The fraction of sp³-hybridized carbons (Fsp3) is 0.571. The van der Waals surface area contributed by atoms with E-state index < -0.39 is 0 Å². The second kappa shape index (κ2) is 14.5. The van der Waals surface area contributed by atoms with E-state index in [1.165, 1.54) is 22.9 Å². The third-order valence-electron chi connectivity index (χ3n) is 5.65. The van der Waals surface area contributed by atoms with Crippen LogP contribution in [0, 0.1) is 10.8 Å². The zero-order valence-electron chi connectivity index (χ0n) is 25.5. The molecular weight excluding hydrogens is 537 g/mol. The molecule has 0 radical (unpaired) electrons. The Morgan fingerprint density at radius 3 is 1.18 bits per heavy atom. The minimum absolute atomic E-state index is 0. The van der Waals surface area contributed by atoms with Crippen molar-refractivity contribution in [2.24, 2.45) is 10.8 Å². The molecule has 6 heteroatoms. The topological polar surface area (TPSA) is 40.5 Å². The van der Waals surface area contributed by atoms with E-state index in [9.17, 15) is 10.2 Å². The fourth-order valence-electron chi connectivity index (χ4n) is 5.01. The van der Waals surface area contributed by atoms with Gasteiger partial charge in [0.15, 0.2) is 0 Å². The van der Waals surface area contributed by atoms with Gasteiger partial charge in [0.25, 0.3) is 0 Å². The summed E-state index contributed by atoms with van der Waals surface area (Å²) in [6.45, 7) is 22.6. The van der Waals surface area contributed by atoms with Crippen molar-refractivity contribution in [3.8, 4) is 11.5 Å². The second-order valence-electron chi connectivity index (χ2n) is 12.7. The minimum Gasteiger partial charge on any atom is -1.00 e. The summed E-state index contributed by atoms with van der Waals surface area (Å²) in [7, 11) is 0. The molecule has 2 aromatic rings. The van der Waals surface area contributed by atoms with E-state index in [4.69, 9.17) is 0 Å². The quantitative estimate of drug-likeness (QED) is 0.516. The van der Waals surface area contributed by atoms with Crippen LogP contribution in [0.15, 0.2) is 46.2 Å². The Bertz CT molecular complexity index is 865. The summed E-state index contributed by atoms with van der Waals surface area (Å²) in [5.74, 6) is 0.498. The molecule has 0 aromatic heterocycles. The molecule has 0 aliphatic carbocycles. The maximum atomic E-state index is 10.6. The average Bonchev–Trinajstić information content (AvgIpc) is 2.54. The van der Waals surface area contributed by atoms with Gasteiger partial charge in [0.2, 0.25) is 0 Å². The maximum Gasteiger partial charge on any atom is 1.00 e. The van der Waals surface area contributed by atoms with Crippen LogP contribution < -0.4 is 103 Å². The number of phenolic OH excluding ortho intramolecular Hbond substituents is 2. The van der Waals surface area contributed by atoms with Crippen LogP contribution in [0.25, 0.3) is 0 Å². The Morgan fingerprint density at radius 1 is 0.618 bits per heavy atom. The van der Waals surface area contributed by atoms with Gasteiger partial charge in [-0.15, -0.1) is 0 Å². The van der Waals surface area contributed by atoms with E-state index in [0.29, 0.717) is 0 Å². The van der Waals surface area contributed by atoms with Crippen molar-refractivity contribution in [3.05, 3.63) is 47.5 Å². The summed E-state index contributed by atoms with van der Waals surface area (Å²) >= 11 is 1.44. The van der Waals surface area contributed by atoms with Crippen molar-refractivity contribution in [1.82, 2.24) is 0 Å². The Labute approximate surface area is 311 Å². The number of phenols is 2. The van der Waals surface area contributed by atoms with Gasteiger partial charge in [0, 0.05) is 16.5 Å². The second-order valence-corrected chi connectivity index (χ2v) is 13.8. The summed E-state index contributed by atoms with van der Waals surface area (Å²) in [5.41, 5.74) is 2.79. The third kappa shape index (κ3) is 11.9. The first-order valence-electron chi connectivity index (χ1n) is 11.2. The fourth-order valence-corrected chi connectivity index (χ4v) is 5.96. The minimum atomic E-state index is -0.0140. The van der Waals surface area contributed by atoms with Crippen LogP contribution in [-0.4, -0.2) is 10.2 Å². The average molecular weight is 582 g/mol.